The van der Waals surface area contributed by atoms with E-state index in [0.717, 1.165) is 24.1 Å². The topological polar surface area (TPSA) is 49.6 Å². The zero-order chi connectivity index (χ0) is 14.4. The van der Waals surface area contributed by atoms with Gasteiger partial charge < -0.3 is 14.6 Å². The van der Waals surface area contributed by atoms with E-state index >= 15 is 0 Å². The summed E-state index contributed by atoms with van der Waals surface area (Å²) in [7, 11) is 1.94. The zero-order valence-corrected chi connectivity index (χ0v) is 12.2. The maximum Gasteiger partial charge on any atom is 0.255 e. The molecule has 2 bridgehead atoms. The van der Waals surface area contributed by atoms with Crippen LogP contribution in [0.5, 0.6) is 0 Å². The molecule has 2 aliphatic heterocycles. The second-order valence-electron chi connectivity index (χ2n) is 6.29. The summed E-state index contributed by atoms with van der Waals surface area (Å²) in [5.74, 6) is 0.108. The van der Waals surface area contributed by atoms with Gasteiger partial charge >= 0.3 is 0 Å². The smallest absolute Gasteiger partial charge is 0.255 e. The van der Waals surface area contributed by atoms with Gasteiger partial charge in [-0.05, 0) is 37.8 Å². The van der Waals surface area contributed by atoms with Crippen molar-refractivity contribution in [3.8, 4) is 0 Å². The van der Waals surface area contributed by atoms with E-state index in [-0.39, 0.29) is 5.91 Å². The van der Waals surface area contributed by atoms with Crippen LogP contribution in [0.25, 0.3) is 5.65 Å². The molecule has 0 radical (unpaired) electrons. The molecule has 5 nitrogen and oxygen atoms in total. The number of carbonyl (C=O) groups excluding carboxylic acids is 1. The minimum atomic E-state index is 0.108. The van der Waals surface area contributed by atoms with Crippen molar-refractivity contribution < 1.29 is 4.79 Å². The number of piperidine rings is 1. The molecule has 2 aromatic heterocycles. The molecular weight excluding hydrogens is 264 g/mol. The Morgan fingerprint density at radius 1 is 1.33 bits per heavy atom. The Labute approximate surface area is 124 Å². The van der Waals surface area contributed by atoms with Crippen LogP contribution in [0.15, 0.2) is 30.7 Å². The molecule has 21 heavy (non-hydrogen) atoms. The maximum atomic E-state index is 12.7. The maximum absolute atomic E-state index is 12.7. The van der Waals surface area contributed by atoms with E-state index in [9.17, 15) is 4.79 Å². The molecule has 110 valence electrons. The second kappa shape index (κ2) is 4.84. The molecular formula is C16H20N4O. The van der Waals surface area contributed by atoms with Gasteiger partial charge in [-0.15, -0.1) is 0 Å². The predicted octanol–water partition coefficient (Wildman–Crippen LogP) is 1.69. The Morgan fingerprint density at radius 3 is 2.86 bits per heavy atom. The molecule has 0 saturated carbocycles. The van der Waals surface area contributed by atoms with Crippen molar-refractivity contribution in [1.82, 2.24) is 19.6 Å². The van der Waals surface area contributed by atoms with Gasteiger partial charge in [0.1, 0.15) is 5.65 Å². The van der Waals surface area contributed by atoms with Gasteiger partial charge in [0, 0.05) is 43.8 Å². The van der Waals surface area contributed by atoms with E-state index in [0.29, 0.717) is 18.1 Å². The Balaban J connectivity index is 1.55. The molecule has 4 heterocycles. The van der Waals surface area contributed by atoms with Gasteiger partial charge in [0.05, 0.1) is 5.56 Å². The van der Waals surface area contributed by atoms with Crippen molar-refractivity contribution in [2.24, 2.45) is 0 Å². The fourth-order valence-corrected chi connectivity index (χ4v) is 3.76. The Hall–Kier alpha value is -1.88. The summed E-state index contributed by atoms with van der Waals surface area (Å²) in [6, 6.07) is 5.32. The lowest BCUT2D eigenvalue weighted by atomic mass is 9.98. The van der Waals surface area contributed by atoms with Crippen molar-refractivity contribution in [3.05, 3.63) is 36.3 Å². The van der Waals surface area contributed by atoms with Gasteiger partial charge in [0.2, 0.25) is 0 Å². The van der Waals surface area contributed by atoms with Crippen LogP contribution in [0, 0.1) is 0 Å². The number of pyridine rings is 1. The van der Waals surface area contributed by atoms with E-state index in [4.69, 9.17) is 0 Å². The van der Waals surface area contributed by atoms with E-state index in [1.54, 1.807) is 6.20 Å². The van der Waals surface area contributed by atoms with Crippen molar-refractivity contribution in [1.29, 1.82) is 0 Å². The predicted molar refractivity (Wildman–Crippen MR) is 80.3 cm³/mol. The molecule has 2 atom stereocenters. The molecule has 2 unspecified atom stereocenters. The molecule has 2 saturated heterocycles. The number of nitrogens with zero attached hydrogens (tertiary/aromatic N) is 3. The number of hydrogen-bond donors (Lipinski definition) is 1. The molecule has 0 aromatic carbocycles. The summed E-state index contributed by atoms with van der Waals surface area (Å²) in [5, 5.41) is 3.62. The fraction of sp³-hybridized carbons (Fsp3) is 0.500. The number of aromatic nitrogens is 2. The summed E-state index contributed by atoms with van der Waals surface area (Å²) >= 11 is 0. The monoisotopic (exact) mass is 284 g/mol. The van der Waals surface area contributed by atoms with Gasteiger partial charge in [0.15, 0.2) is 0 Å². The average Bonchev–Trinajstić information content (AvgIpc) is 3.11. The van der Waals surface area contributed by atoms with Crippen LogP contribution in [-0.2, 0) is 0 Å². The third-order valence-corrected chi connectivity index (χ3v) is 4.95. The van der Waals surface area contributed by atoms with E-state index in [2.05, 4.69) is 10.3 Å². The van der Waals surface area contributed by atoms with E-state index in [1.165, 1.54) is 12.8 Å². The van der Waals surface area contributed by atoms with Crippen LogP contribution >= 0.6 is 0 Å². The third kappa shape index (κ3) is 2.21. The summed E-state index contributed by atoms with van der Waals surface area (Å²) < 4.78 is 1.90. The van der Waals surface area contributed by atoms with Crippen LogP contribution in [0.3, 0.4) is 0 Å². The number of hydrogen-bond acceptors (Lipinski definition) is 3. The minimum absolute atomic E-state index is 0.108. The van der Waals surface area contributed by atoms with Crippen molar-refractivity contribution in [3.63, 3.8) is 0 Å². The van der Waals surface area contributed by atoms with Crippen LogP contribution in [0.1, 0.15) is 36.0 Å². The molecule has 1 N–H and O–H groups in total. The minimum Gasteiger partial charge on any atom is -0.339 e. The Morgan fingerprint density at radius 2 is 2.10 bits per heavy atom. The number of fused-ring (bicyclic) bond motifs is 3. The molecule has 1 amide bonds. The van der Waals surface area contributed by atoms with Crippen molar-refractivity contribution >= 4 is 11.6 Å². The highest BCUT2D eigenvalue weighted by Gasteiger charge is 2.36. The SMILES string of the molecule is CN(C(=O)c1ccc2nccn2c1)C1CC2CCC(C1)N2. The van der Waals surface area contributed by atoms with Crippen LogP contribution in [0.4, 0.5) is 0 Å². The third-order valence-electron chi connectivity index (χ3n) is 4.95. The van der Waals surface area contributed by atoms with Crippen molar-refractivity contribution in [2.75, 3.05) is 7.05 Å². The molecule has 4 rings (SSSR count). The van der Waals surface area contributed by atoms with Crippen LogP contribution < -0.4 is 5.32 Å². The standard InChI is InChI=1S/C16H20N4O/c1-19(14-8-12-3-4-13(9-14)18-12)16(21)11-2-5-15-17-6-7-20(15)10-11/h2,5-7,10,12-14,18H,3-4,8-9H2,1H3. The molecule has 2 aliphatic rings. The van der Waals surface area contributed by atoms with Gasteiger partial charge in [-0.2, -0.15) is 0 Å². The lowest BCUT2D eigenvalue weighted by Gasteiger charge is -2.35. The zero-order valence-electron chi connectivity index (χ0n) is 12.2. The van der Waals surface area contributed by atoms with Gasteiger partial charge in [0.25, 0.3) is 5.91 Å². The van der Waals surface area contributed by atoms with Gasteiger partial charge in [-0.25, -0.2) is 4.98 Å². The normalized spacial score (nSPS) is 28.0. The van der Waals surface area contributed by atoms with Crippen LogP contribution in [-0.4, -0.2) is 45.4 Å². The fourth-order valence-electron chi connectivity index (χ4n) is 3.76. The number of amides is 1. The molecule has 2 fully saturated rings. The first kappa shape index (κ1) is 12.8. The summed E-state index contributed by atoms with van der Waals surface area (Å²) in [5.41, 5.74) is 1.60. The highest BCUT2D eigenvalue weighted by molar-refractivity contribution is 5.94. The molecule has 2 aromatic rings. The van der Waals surface area contributed by atoms with Gasteiger partial charge in [-0.1, -0.05) is 0 Å². The average molecular weight is 284 g/mol. The van der Waals surface area contributed by atoms with E-state index in [1.807, 2.05) is 40.9 Å². The molecule has 5 heteroatoms. The first-order valence-corrected chi connectivity index (χ1v) is 7.66. The quantitative estimate of drug-likeness (QED) is 0.913. The first-order chi connectivity index (χ1) is 10.2. The van der Waals surface area contributed by atoms with Crippen LogP contribution in [0.2, 0.25) is 0 Å². The second-order valence-corrected chi connectivity index (χ2v) is 6.29. The van der Waals surface area contributed by atoms with E-state index < -0.39 is 0 Å². The first-order valence-electron chi connectivity index (χ1n) is 7.66. The highest BCUT2D eigenvalue weighted by atomic mass is 16.2. The summed E-state index contributed by atoms with van der Waals surface area (Å²) in [6.07, 6.45) is 10.2. The Kier molecular flexibility index (Phi) is 2.96. The number of nitrogens with one attached hydrogen (secondary N) is 1. The number of imidazole rings is 1. The lowest BCUT2D eigenvalue weighted by molar-refractivity contribution is 0.0681. The largest absolute Gasteiger partial charge is 0.339 e. The lowest BCUT2D eigenvalue weighted by Crippen LogP contribution is -2.48. The van der Waals surface area contributed by atoms with Crippen molar-refractivity contribution in [2.45, 2.75) is 43.8 Å². The Bertz CT molecular complexity index is 668. The summed E-state index contributed by atoms with van der Waals surface area (Å²) in [6.45, 7) is 0. The number of rotatable bonds is 2. The van der Waals surface area contributed by atoms with Gasteiger partial charge in [-0.3, -0.25) is 4.79 Å². The number of carbonyl (C=O) groups is 1. The molecule has 0 aliphatic carbocycles. The summed E-state index contributed by atoms with van der Waals surface area (Å²) in [4.78, 5) is 18.9. The molecule has 0 spiro atoms. The highest BCUT2D eigenvalue weighted by Crippen LogP contribution is 2.29.